The summed E-state index contributed by atoms with van der Waals surface area (Å²) in [6.45, 7) is 0. The van der Waals surface area contributed by atoms with Crippen molar-refractivity contribution in [2.45, 2.75) is 0 Å². The molecule has 7 aromatic rings. The van der Waals surface area contributed by atoms with Gasteiger partial charge in [0, 0.05) is 32.5 Å². The molecule has 180 valence electrons. The Morgan fingerprint density at radius 1 is 0.447 bits per heavy atom. The average molecular weight is 510 g/mol. The van der Waals surface area contributed by atoms with Crippen molar-refractivity contribution in [2.24, 2.45) is 0 Å². The van der Waals surface area contributed by atoms with Gasteiger partial charge in [-0.25, -0.2) is 15.0 Å². The smallest absolute Gasteiger partial charge is 0.167 e. The van der Waals surface area contributed by atoms with E-state index >= 15 is 0 Å². The molecule has 5 heteroatoms. The van der Waals surface area contributed by atoms with Gasteiger partial charge in [0.25, 0.3) is 0 Å². The normalized spacial score (nSPS) is 11.3. The number of para-hydroxylation sites is 2. The summed E-state index contributed by atoms with van der Waals surface area (Å²) < 4.78 is 6.61. The summed E-state index contributed by atoms with van der Waals surface area (Å²) in [5.74, 6) is 1.68. The number of halogens is 1. The van der Waals surface area contributed by atoms with Crippen LogP contribution in [0.3, 0.4) is 0 Å². The number of benzene rings is 5. The molecule has 0 bridgehead atoms. The minimum Gasteiger partial charge on any atom is -0.455 e. The second-order valence-corrected chi connectivity index (χ2v) is 9.45. The topological polar surface area (TPSA) is 51.8 Å². The van der Waals surface area contributed by atoms with Gasteiger partial charge in [-0.1, -0.05) is 115 Å². The zero-order chi connectivity index (χ0) is 25.5. The summed E-state index contributed by atoms with van der Waals surface area (Å²) >= 11 is 6.31. The lowest BCUT2D eigenvalue weighted by atomic mass is 10.0. The SMILES string of the molecule is Clc1cccc(-c2nc(-c3ccccc3)nc(-c3cccc4c3oc3c(-c5ccccc5)cccc34)n2)c1. The maximum Gasteiger partial charge on any atom is 0.167 e. The highest BCUT2D eigenvalue weighted by atomic mass is 35.5. The Kier molecular flexibility index (Phi) is 5.46. The van der Waals surface area contributed by atoms with E-state index in [4.69, 9.17) is 31.0 Å². The van der Waals surface area contributed by atoms with Crippen LogP contribution in [0.5, 0.6) is 0 Å². The molecule has 0 N–H and O–H groups in total. The predicted molar refractivity (Wildman–Crippen MR) is 154 cm³/mol. The predicted octanol–water partition coefficient (Wildman–Crippen LogP) is 9.09. The maximum absolute atomic E-state index is 6.61. The van der Waals surface area contributed by atoms with Gasteiger partial charge in [-0.15, -0.1) is 0 Å². The van der Waals surface area contributed by atoms with E-state index in [1.165, 1.54) is 0 Å². The molecule has 7 rings (SSSR count). The van der Waals surface area contributed by atoms with Crippen molar-refractivity contribution in [3.05, 3.63) is 126 Å². The third-order valence-corrected chi connectivity index (χ3v) is 6.84. The molecule has 0 unspecified atom stereocenters. The van der Waals surface area contributed by atoms with E-state index in [0.717, 1.165) is 49.8 Å². The van der Waals surface area contributed by atoms with Gasteiger partial charge in [-0.2, -0.15) is 0 Å². The fourth-order valence-corrected chi connectivity index (χ4v) is 5.00. The highest BCUT2D eigenvalue weighted by Gasteiger charge is 2.19. The first-order valence-electron chi connectivity index (χ1n) is 12.3. The summed E-state index contributed by atoms with van der Waals surface area (Å²) in [6.07, 6.45) is 0. The fraction of sp³-hybridized carbons (Fsp3) is 0. The third kappa shape index (κ3) is 3.92. The summed E-state index contributed by atoms with van der Waals surface area (Å²) in [5, 5.41) is 2.69. The molecule has 4 nitrogen and oxygen atoms in total. The van der Waals surface area contributed by atoms with E-state index in [0.29, 0.717) is 22.5 Å². The van der Waals surface area contributed by atoms with Crippen LogP contribution in [0.1, 0.15) is 0 Å². The highest BCUT2D eigenvalue weighted by Crippen LogP contribution is 2.39. The minimum atomic E-state index is 0.541. The van der Waals surface area contributed by atoms with E-state index < -0.39 is 0 Å². The van der Waals surface area contributed by atoms with Crippen LogP contribution in [0.15, 0.2) is 126 Å². The van der Waals surface area contributed by atoms with Crippen LogP contribution in [0.4, 0.5) is 0 Å². The number of hydrogen-bond acceptors (Lipinski definition) is 4. The van der Waals surface area contributed by atoms with Gasteiger partial charge in [-0.3, -0.25) is 0 Å². The molecule has 2 aromatic heterocycles. The molecule has 0 atom stereocenters. The minimum absolute atomic E-state index is 0.541. The van der Waals surface area contributed by atoms with Crippen molar-refractivity contribution in [1.82, 2.24) is 15.0 Å². The molecular weight excluding hydrogens is 490 g/mol. The van der Waals surface area contributed by atoms with Crippen molar-refractivity contribution in [1.29, 1.82) is 0 Å². The molecule has 0 aliphatic heterocycles. The molecule has 0 spiro atoms. The second-order valence-electron chi connectivity index (χ2n) is 9.02. The molecule has 0 amide bonds. The zero-order valence-electron chi connectivity index (χ0n) is 20.2. The standard InChI is InChI=1S/C33H20ClN3O/c34-24-15-7-14-23(20-24)32-35-31(22-12-5-2-6-13-22)36-33(37-32)28-19-9-18-27-26-17-8-16-25(29(26)38-30(27)28)21-10-3-1-4-11-21/h1-20H. The van der Waals surface area contributed by atoms with E-state index in [9.17, 15) is 0 Å². The van der Waals surface area contributed by atoms with E-state index in [1.807, 2.05) is 84.9 Å². The Balaban J connectivity index is 1.49. The number of hydrogen-bond donors (Lipinski definition) is 0. The Labute approximate surface area is 224 Å². The van der Waals surface area contributed by atoms with Gasteiger partial charge in [-0.05, 0) is 23.8 Å². The summed E-state index contributed by atoms with van der Waals surface area (Å²) in [5.41, 5.74) is 6.27. The van der Waals surface area contributed by atoms with Crippen LogP contribution < -0.4 is 0 Å². The number of aromatic nitrogens is 3. The van der Waals surface area contributed by atoms with Crippen LogP contribution in [0.2, 0.25) is 5.02 Å². The zero-order valence-corrected chi connectivity index (χ0v) is 20.9. The average Bonchev–Trinajstić information content (AvgIpc) is 3.37. The molecule has 0 aliphatic carbocycles. The lowest BCUT2D eigenvalue weighted by Gasteiger charge is -2.09. The van der Waals surface area contributed by atoms with E-state index in [1.54, 1.807) is 0 Å². The molecule has 0 saturated heterocycles. The van der Waals surface area contributed by atoms with E-state index in [-0.39, 0.29) is 0 Å². The summed E-state index contributed by atoms with van der Waals surface area (Å²) in [4.78, 5) is 14.6. The summed E-state index contributed by atoms with van der Waals surface area (Å²) in [6, 6.07) is 40.1. The monoisotopic (exact) mass is 509 g/mol. The van der Waals surface area contributed by atoms with Gasteiger partial charge >= 0.3 is 0 Å². The fourth-order valence-electron chi connectivity index (χ4n) is 4.81. The van der Waals surface area contributed by atoms with E-state index in [2.05, 4.69) is 36.4 Å². The van der Waals surface area contributed by atoms with Crippen LogP contribution in [0, 0.1) is 0 Å². The number of furan rings is 1. The first-order valence-corrected chi connectivity index (χ1v) is 12.7. The first-order chi connectivity index (χ1) is 18.7. The van der Waals surface area contributed by atoms with Gasteiger partial charge < -0.3 is 4.42 Å². The van der Waals surface area contributed by atoms with Crippen LogP contribution in [-0.4, -0.2) is 15.0 Å². The van der Waals surface area contributed by atoms with Gasteiger partial charge in [0.15, 0.2) is 17.5 Å². The summed E-state index contributed by atoms with van der Waals surface area (Å²) in [7, 11) is 0. The number of nitrogens with zero attached hydrogens (tertiary/aromatic N) is 3. The molecule has 2 heterocycles. The second kappa shape index (κ2) is 9.25. The van der Waals surface area contributed by atoms with Crippen LogP contribution >= 0.6 is 11.6 Å². The number of rotatable bonds is 4. The largest absolute Gasteiger partial charge is 0.455 e. The van der Waals surface area contributed by atoms with Crippen molar-refractivity contribution >= 4 is 33.5 Å². The Morgan fingerprint density at radius 3 is 1.66 bits per heavy atom. The van der Waals surface area contributed by atoms with Gasteiger partial charge in [0.05, 0.1) is 5.56 Å². The molecule has 5 aromatic carbocycles. The molecule has 0 radical (unpaired) electrons. The molecule has 0 saturated carbocycles. The van der Waals surface area contributed by atoms with Crippen molar-refractivity contribution in [2.75, 3.05) is 0 Å². The molecular formula is C33H20ClN3O. The Hall–Kier alpha value is -4.80. The lowest BCUT2D eigenvalue weighted by Crippen LogP contribution is -2.00. The highest BCUT2D eigenvalue weighted by molar-refractivity contribution is 6.30. The number of fused-ring (bicyclic) bond motifs is 3. The van der Waals surface area contributed by atoms with Crippen molar-refractivity contribution in [3.8, 4) is 45.3 Å². The lowest BCUT2D eigenvalue weighted by molar-refractivity contribution is 0.670. The van der Waals surface area contributed by atoms with Crippen LogP contribution in [0.25, 0.3) is 67.2 Å². The first kappa shape index (κ1) is 22.4. The Morgan fingerprint density at radius 2 is 0.974 bits per heavy atom. The molecule has 38 heavy (non-hydrogen) atoms. The molecule has 0 aliphatic rings. The van der Waals surface area contributed by atoms with Gasteiger partial charge in [0.1, 0.15) is 11.2 Å². The van der Waals surface area contributed by atoms with Gasteiger partial charge in [0.2, 0.25) is 0 Å². The Bertz CT molecular complexity index is 1930. The molecule has 0 fully saturated rings. The third-order valence-electron chi connectivity index (χ3n) is 6.60. The van der Waals surface area contributed by atoms with Crippen LogP contribution in [-0.2, 0) is 0 Å². The van der Waals surface area contributed by atoms with Crippen molar-refractivity contribution in [3.63, 3.8) is 0 Å². The van der Waals surface area contributed by atoms with Crippen molar-refractivity contribution < 1.29 is 4.42 Å². The maximum atomic E-state index is 6.61. The quantitative estimate of drug-likeness (QED) is 0.237.